The molecule has 3 aromatic rings. The van der Waals surface area contributed by atoms with Crippen molar-refractivity contribution >= 4 is 62.2 Å². The third kappa shape index (κ3) is 4.70. The summed E-state index contributed by atoms with van der Waals surface area (Å²) in [4.78, 5) is -0.177. The van der Waals surface area contributed by atoms with Crippen LogP contribution in [-0.2, 0) is 16.6 Å². The summed E-state index contributed by atoms with van der Waals surface area (Å²) in [6, 6.07) is 11.4. The first kappa shape index (κ1) is 20.3. The van der Waals surface area contributed by atoms with Crippen LogP contribution in [-0.4, -0.2) is 18.2 Å². The van der Waals surface area contributed by atoms with Gasteiger partial charge in [0.05, 0.1) is 21.6 Å². The number of aryl methyl sites for hydroxylation is 1. The second-order valence-corrected chi connectivity index (χ2v) is 9.07. The Kier molecular flexibility index (Phi) is 5.93. The van der Waals surface area contributed by atoms with Crippen LogP contribution in [0.15, 0.2) is 47.4 Å². The van der Waals surface area contributed by atoms with Gasteiger partial charge in [0, 0.05) is 16.8 Å². The highest BCUT2D eigenvalue weighted by Gasteiger charge is 2.21. The molecule has 0 aliphatic heterocycles. The maximum Gasteiger partial charge on any atom is 0.264 e. The molecule has 1 N–H and O–H groups in total. The Morgan fingerprint density at radius 3 is 2.26 bits per heavy atom. The minimum Gasteiger partial charge on any atom is -0.263 e. The van der Waals surface area contributed by atoms with E-state index >= 15 is 0 Å². The van der Waals surface area contributed by atoms with Crippen LogP contribution in [0.4, 0.5) is 5.82 Å². The van der Waals surface area contributed by atoms with Crippen molar-refractivity contribution in [3.05, 3.63) is 73.8 Å². The maximum absolute atomic E-state index is 12.6. The highest BCUT2D eigenvalue weighted by molar-refractivity contribution is 7.92. The van der Waals surface area contributed by atoms with Gasteiger partial charge in [-0.05, 0) is 36.8 Å². The Labute approximate surface area is 176 Å². The monoisotopic (exact) mass is 463 g/mol. The van der Waals surface area contributed by atoms with Gasteiger partial charge in [0.1, 0.15) is 4.90 Å². The molecule has 1 aromatic heterocycles. The summed E-state index contributed by atoms with van der Waals surface area (Å²) >= 11 is 23.7. The summed E-state index contributed by atoms with van der Waals surface area (Å²) in [6.45, 7) is 2.30. The van der Waals surface area contributed by atoms with E-state index < -0.39 is 10.0 Å². The van der Waals surface area contributed by atoms with Gasteiger partial charge in [-0.2, -0.15) is 5.10 Å². The lowest BCUT2D eigenvalue weighted by Gasteiger charge is -2.09. The average molecular weight is 465 g/mol. The van der Waals surface area contributed by atoms with Gasteiger partial charge < -0.3 is 0 Å². The van der Waals surface area contributed by atoms with Crippen molar-refractivity contribution in [1.82, 2.24) is 9.78 Å². The molecule has 0 fully saturated rings. The molecule has 10 heteroatoms. The molecule has 0 radical (unpaired) electrons. The summed E-state index contributed by atoms with van der Waals surface area (Å²) in [6.07, 6.45) is 0. The van der Waals surface area contributed by atoms with Crippen molar-refractivity contribution in [2.45, 2.75) is 18.4 Å². The second-order valence-electron chi connectivity index (χ2n) is 5.76. The van der Waals surface area contributed by atoms with E-state index in [4.69, 9.17) is 46.4 Å². The fourth-order valence-electron chi connectivity index (χ4n) is 2.39. The molecule has 0 saturated carbocycles. The average Bonchev–Trinajstić information content (AvgIpc) is 2.91. The third-order valence-corrected chi connectivity index (χ3v) is 6.52. The highest BCUT2D eigenvalue weighted by Crippen LogP contribution is 2.32. The van der Waals surface area contributed by atoms with Crippen LogP contribution < -0.4 is 4.72 Å². The summed E-state index contributed by atoms with van der Waals surface area (Å²) < 4.78 is 29.4. The van der Waals surface area contributed by atoms with Crippen LogP contribution in [0.5, 0.6) is 0 Å². The number of sulfonamides is 1. The molecule has 0 spiro atoms. The zero-order valence-corrected chi connectivity index (χ0v) is 17.7. The number of nitrogens with zero attached hydrogens (tertiary/aromatic N) is 2. The first-order chi connectivity index (χ1) is 12.7. The minimum absolute atomic E-state index is 0.0331. The Morgan fingerprint density at radius 2 is 1.59 bits per heavy atom. The number of hydrogen-bond acceptors (Lipinski definition) is 3. The fraction of sp³-hybridized carbons (Fsp3) is 0.118. The first-order valence-corrected chi connectivity index (χ1v) is 10.6. The predicted molar refractivity (Wildman–Crippen MR) is 110 cm³/mol. The summed E-state index contributed by atoms with van der Waals surface area (Å²) in [5.41, 5.74) is 1.76. The van der Waals surface area contributed by atoms with Gasteiger partial charge in [-0.3, -0.25) is 9.40 Å². The van der Waals surface area contributed by atoms with Crippen LogP contribution in [0, 0.1) is 6.92 Å². The van der Waals surface area contributed by atoms with E-state index in [1.54, 1.807) is 22.9 Å². The van der Waals surface area contributed by atoms with Gasteiger partial charge in [0.2, 0.25) is 0 Å². The Morgan fingerprint density at radius 1 is 0.963 bits per heavy atom. The maximum atomic E-state index is 12.6. The first-order valence-electron chi connectivity index (χ1n) is 7.62. The smallest absolute Gasteiger partial charge is 0.263 e. The van der Waals surface area contributed by atoms with Crippen LogP contribution in [0.25, 0.3) is 0 Å². The topological polar surface area (TPSA) is 64.0 Å². The van der Waals surface area contributed by atoms with Crippen LogP contribution in [0.3, 0.4) is 0 Å². The fourth-order valence-corrected chi connectivity index (χ4v) is 4.50. The number of anilines is 1. The van der Waals surface area contributed by atoms with Crippen molar-refractivity contribution in [1.29, 1.82) is 0 Å². The number of hydrogen-bond donors (Lipinski definition) is 1. The van der Waals surface area contributed by atoms with Crippen molar-refractivity contribution in [2.75, 3.05) is 4.72 Å². The molecule has 1 heterocycles. The molecule has 0 saturated heterocycles. The van der Waals surface area contributed by atoms with Crippen molar-refractivity contribution in [3.63, 3.8) is 0 Å². The third-order valence-electron chi connectivity index (χ3n) is 3.73. The normalized spacial score (nSPS) is 11.6. The van der Waals surface area contributed by atoms with Crippen LogP contribution in [0.2, 0.25) is 20.1 Å². The molecule has 0 amide bonds. The van der Waals surface area contributed by atoms with Gasteiger partial charge >= 0.3 is 0 Å². The quantitative estimate of drug-likeness (QED) is 0.496. The summed E-state index contributed by atoms with van der Waals surface area (Å²) in [5, 5.41) is 5.17. The molecule has 0 aliphatic carbocycles. The Balaban J connectivity index is 1.85. The number of nitrogens with one attached hydrogen (secondary N) is 1. The van der Waals surface area contributed by atoms with E-state index in [0.717, 1.165) is 11.3 Å². The molecule has 142 valence electrons. The van der Waals surface area contributed by atoms with Gasteiger partial charge in [0.25, 0.3) is 10.0 Å². The van der Waals surface area contributed by atoms with Gasteiger partial charge in [-0.1, -0.05) is 58.5 Å². The van der Waals surface area contributed by atoms with E-state index in [9.17, 15) is 8.42 Å². The summed E-state index contributed by atoms with van der Waals surface area (Å²) in [7, 11) is -3.98. The lowest BCUT2D eigenvalue weighted by molar-refractivity contribution is 0.600. The SMILES string of the molecule is Cc1cc(NS(=O)(=O)c2cc(Cl)c(Cl)cc2Cl)nn1Cc1ccc(Cl)cc1. The van der Waals surface area contributed by atoms with E-state index in [2.05, 4.69) is 9.82 Å². The molecular formula is C17H13Cl4N3O2S. The van der Waals surface area contributed by atoms with Gasteiger partial charge in [0.15, 0.2) is 5.82 Å². The number of benzene rings is 2. The highest BCUT2D eigenvalue weighted by atomic mass is 35.5. The molecular weight excluding hydrogens is 452 g/mol. The van der Waals surface area contributed by atoms with Gasteiger partial charge in [-0.25, -0.2) is 8.42 Å². The second kappa shape index (κ2) is 7.89. The lowest BCUT2D eigenvalue weighted by atomic mass is 10.2. The van der Waals surface area contributed by atoms with Crippen LogP contribution in [0.1, 0.15) is 11.3 Å². The van der Waals surface area contributed by atoms with Gasteiger partial charge in [-0.15, -0.1) is 0 Å². The molecule has 0 bridgehead atoms. The van der Waals surface area contributed by atoms with E-state index in [0.29, 0.717) is 11.6 Å². The molecule has 5 nitrogen and oxygen atoms in total. The molecule has 27 heavy (non-hydrogen) atoms. The standard InChI is InChI=1S/C17H13Cl4N3O2S/c1-10-6-17(22-24(10)9-11-2-4-12(18)5-3-11)23-27(25,26)16-8-14(20)13(19)7-15(16)21/h2-8H,9H2,1H3,(H,22,23). The Hall–Kier alpha value is -1.44. The Bertz CT molecular complexity index is 1100. The predicted octanol–water partition coefficient (Wildman–Crippen LogP) is 5.65. The zero-order valence-electron chi connectivity index (χ0n) is 13.9. The van der Waals surface area contributed by atoms with E-state index in [1.165, 1.54) is 12.1 Å². The number of rotatable bonds is 5. The zero-order chi connectivity index (χ0) is 19.8. The molecule has 3 rings (SSSR count). The molecule has 0 atom stereocenters. The van der Waals surface area contributed by atoms with Crippen molar-refractivity contribution < 1.29 is 8.42 Å². The summed E-state index contributed by atoms with van der Waals surface area (Å²) in [5.74, 6) is 0.170. The van der Waals surface area contributed by atoms with E-state index in [-0.39, 0.29) is 25.8 Å². The van der Waals surface area contributed by atoms with E-state index in [1.807, 2.05) is 19.1 Å². The van der Waals surface area contributed by atoms with Crippen LogP contribution >= 0.6 is 46.4 Å². The number of aromatic nitrogens is 2. The number of halogens is 4. The molecule has 0 unspecified atom stereocenters. The van der Waals surface area contributed by atoms with Crippen molar-refractivity contribution in [3.8, 4) is 0 Å². The lowest BCUT2D eigenvalue weighted by Crippen LogP contribution is -2.14. The molecule has 0 aliphatic rings. The molecule has 2 aromatic carbocycles. The minimum atomic E-state index is -3.98. The van der Waals surface area contributed by atoms with Crippen molar-refractivity contribution in [2.24, 2.45) is 0 Å². The largest absolute Gasteiger partial charge is 0.264 e.